The van der Waals surface area contributed by atoms with Crippen LogP contribution in [0.3, 0.4) is 0 Å². The van der Waals surface area contributed by atoms with Gasteiger partial charge in [-0.05, 0) is 43.4 Å². The number of hydrogen-bond acceptors (Lipinski definition) is 15. The zero-order valence-corrected chi connectivity index (χ0v) is 68.9. The van der Waals surface area contributed by atoms with Crippen molar-refractivity contribution < 1.29 is 80.2 Å². The van der Waals surface area contributed by atoms with Crippen molar-refractivity contribution in [2.24, 2.45) is 17.8 Å². The van der Waals surface area contributed by atoms with Gasteiger partial charge in [0.1, 0.15) is 19.3 Å². The molecule has 0 spiro atoms. The SMILES string of the molecule is CCCCCCCCCCCCCCCCCCCCCCC(=O)O[C@H](COC(=O)CCCCCCCCCCCCCCCCC(C)CC)COP(=O)(O)OC[C@@H](O)COP(=O)(O)OC[C@@H](COC(=O)CCCCCCCCCCC(C)CC)OC(=O)CCCCCCCCCCC(C)CC. The average Bonchev–Trinajstić information content (AvgIpc) is 0.942. The molecule has 0 aromatic rings. The Kier molecular flexibility index (Phi) is 71.8. The van der Waals surface area contributed by atoms with E-state index in [1.807, 2.05) is 0 Å². The van der Waals surface area contributed by atoms with Gasteiger partial charge in [-0.25, -0.2) is 9.13 Å². The van der Waals surface area contributed by atoms with Crippen molar-refractivity contribution in [2.45, 2.75) is 452 Å². The van der Waals surface area contributed by atoms with Gasteiger partial charge in [0.2, 0.25) is 0 Å². The lowest BCUT2D eigenvalue weighted by atomic mass is 9.99. The third-order valence-corrected chi connectivity index (χ3v) is 22.4. The van der Waals surface area contributed by atoms with E-state index in [4.69, 9.17) is 37.0 Å². The summed E-state index contributed by atoms with van der Waals surface area (Å²) in [6.45, 7) is 12.0. The number of carbonyl (C=O) groups excluding carboxylic acids is 4. The Labute approximate surface area is 626 Å². The fourth-order valence-corrected chi connectivity index (χ4v) is 14.3. The molecule has 8 atom stereocenters. The van der Waals surface area contributed by atoms with Crippen LogP contribution in [0.4, 0.5) is 0 Å². The van der Waals surface area contributed by atoms with Crippen LogP contribution in [0.15, 0.2) is 0 Å². The summed E-state index contributed by atoms with van der Waals surface area (Å²) in [4.78, 5) is 73.1. The first-order valence-electron chi connectivity index (χ1n) is 43.0. The molecule has 0 aliphatic rings. The maximum Gasteiger partial charge on any atom is 0.472 e. The predicted octanol–water partition coefficient (Wildman–Crippen LogP) is 24.9. The summed E-state index contributed by atoms with van der Waals surface area (Å²) in [5.41, 5.74) is 0. The van der Waals surface area contributed by atoms with Crippen LogP contribution in [0.1, 0.15) is 434 Å². The van der Waals surface area contributed by atoms with Crippen molar-refractivity contribution >= 4 is 39.5 Å². The maximum atomic E-state index is 13.1. The molecule has 0 saturated heterocycles. The van der Waals surface area contributed by atoms with Crippen molar-refractivity contribution in [3.05, 3.63) is 0 Å². The summed E-state index contributed by atoms with van der Waals surface area (Å²) in [6.07, 6.45) is 62.3. The van der Waals surface area contributed by atoms with Gasteiger partial charge in [0.05, 0.1) is 26.4 Å². The minimum atomic E-state index is -4.96. The number of unbranched alkanes of at least 4 members (excludes halogenated alkanes) is 46. The molecule has 0 saturated carbocycles. The number of ether oxygens (including phenoxy) is 4. The summed E-state index contributed by atoms with van der Waals surface area (Å²) in [7, 11) is -9.92. The highest BCUT2D eigenvalue weighted by Crippen LogP contribution is 2.45. The fraction of sp³-hybridized carbons (Fsp3) is 0.952. The van der Waals surface area contributed by atoms with Crippen molar-refractivity contribution in [1.82, 2.24) is 0 Å². The average molecular weight is 1490 g/mol. The first-order valence-corrected chi connectivity index (χ1v) is 46.0. The summed E-state index contributed by atoms with van der Waals surface area (Å²) in [5, 5.41) is 10.7. The van der Waals surface area contributed by atoms with Gasteiger partial charge in [0, 0.05) is 25.7 Å². The molecule has 0 aliphatic heterocycles. The lowest BCUT2D eigenvalue weighted by molar-refractivity contribution is -0.161. The van der Waals surface area contributed by atoms with Crippen molar-refractivity contribution in [3.8, 4) is 0 Å². The van der Waals surface area contributed by atoms with E-state index in [0.29, 0.717) is 25.7 Å². The Bertz CT molecular complexity index is 1980. The highest BCUT2D eigenvalue weighted by molar-refractivity contribution is 7.47. The molecule has 0 bridgehead atoms. The van der Waals surface area contributed by atoms with Gasteiger partial charge in [-0.15, -0.1) is 0 Å². The first-order chi connectivity index (χ1) is 49.3. The van der Waals surface area contributed by atoms with Gasteiger partial charge in [0.25, 0.3) is 0 Å². The molecule has 0 fully saturated rings. The predicted molar refractivity (Wildman–Crippen MR) is 418 cm³/mol. The Morgan fingerprint density at radius 1 is 0.275 bits per heavy atom. The number of carbonyl (C=O) groups is 4. The van der Waals surface area contributed by atoms with Crippen LogP contribution in [-0.2, 0) is 65.4 Å². The summed E-state index contributed by atoms with van der Waals surface area (Å²) in [6, 6.07) is 0. The van der Waals surface area contributed by atoms with Gasteiger partial charge in [-0.2, -0.15) is 0 Å². The molecule has 0 aliphatic carbocycles. The Morgan fingerprint density at radius 3 is 0.696 bits per heavy atom. The van der Waals surface area contributed by atoms with Crippen LogP contribution in [0.25, 0.3) is 0 Å². The topological polar surface area (TPSA) is 237 Å². The number of hydrogen-bond donors (Lipinski definition) is 3. The smallest absolute Gasteiger partial charge is 0.462 e. The second-order valence-corrected chi connectivity index (χ2v) is 33.5. The maximum absolute atomic E-state index is 13.1. The second kappa shape index (κ2) is 73.2. The molecule has 3 N–H and O–H groups in total. The number of aliphatic hydroxyl groups excluding tert-OH is 1. The zero-order valence-electron chi connectivity index (χ0n) is 67.1. The molecule has 0 aromatic carbocycles. The fourth-order valence-electron chi connectivity index (χ4n) is 12.7. The number of phosphoric ester groups is 2. The Morgan fingerprint density at radius 2 is 0.471 bits per heavy atom. The molecule has 0 radical (unpaired) electrons. The zero-order chi connectivity index (χ0) is 75.1. The van der Waals surface area contributed by atoms with Crippen LogP contribution in [0.5, 0.6) is 0 Å². The van der Waals surface area contributed by atoms with E-state index >= 15 is 0 Å². The molecular weight excluding hydrogens is 1330 g/mol. The third kappa shape index (κ3) is 72.3. The highest BCUT2D eigenvalue weighted by Gasteiger charge is 2.30. The summed E-state index contributed by atoms with van der Waals surface area (Å²) in [5.74, 6) is 0.286. The second-order valence-electron chi connectivity index (χ2n) is 30.6. The lowest BCUT2D eigenvalue weighted by Gasteiger charge is -2.21. The van der Waals surface area contributed by atoms with Gasteiger partial charge in [-0.1, -0.05) is 382 Å². The van der Waals surface area contributed by atoms with Crippen molar-refractivity contribution in [2.75, 3.05) is 39.6 Å². The van der Waals surface area contributed by atoms with E-state index in [-0.39, 0.29) is 25.7 Å². The van der Waals surface area contributed by atoms with Crippen LogP contribution < -0.4 is 0 Å². The van der Waals surface area contributed by atoms with E-state index < -0.39 is 97.5 Å². The molecular formula is C83H162O17P2. The van der Waals surface area contributed by atoms with E-state index in [1.54, 1.807) is 0 Å². The number of rotatable bonds is 81. The molecule has 0 aromatic heterocycles. The van der Waals surface area contributed by atoms with E-state index in [0.717, 1.165) is 108 Å². The number of phosphoric acid groups is 2. The largest absolute Gasteiger partial charge is 0.472 e. The van der Waals surface area contributed by atoms with Gasteiger partial charge in [0.15, 0.2) is 12.2 Å². The Balaban J connectivity index is 5.25. The number of esters is 4. The van der Waals surface area contributed by atoms with Crippen LogP contribution in [-0.4, -0.2) is 96.7 Å². The standard InChI is InChI=1S/C83H162O17P2/c1-8-12-13-14-15-16-17-18-19-20-21-22-23-24-29-32-35-45-52-59-66-82(87)99-78(70-93-80(85)64-57-50-43-34-31-28-26-25-27-30-33-40-47-54-61-74(5)9-2)72-97-101(89,90)95-68-77(84)69-96-102(91,92)98-73-79(100-83(88)67-60-53-46-39-37-42-49-56-63-76(7)11-4)71-94-81(86)65-58-51-44-38-36-41-48-55-62-75(6)10-3/h74-79,84H,8-73H2,1-7H3,(H,89,90)(H,91,92)/t74?,75?,76?,77-,78-,79-/m1/s1. The third-order valence-electron chi connectivity index (χ3n) is 20.5. The molecule has 5 unspecified atom stereocenters. The normalized spacial score (nSPS) is 14.7. The van der Waals surface area contributed by atoms with E-state index in [1.165, 1.54) is 244 Å². The molecule has 606 valence electrons. The van der Waals surface area contributed by atoms with Gasteiger partial charge in [-0.3, -0.25) is 37.3 Å². The summed E-state index contributed by atoms with van der Waals surface area (Å²) < 4.78 is 68.8. The lowest BCUT2D eigenvalue weighted by Crippen LogP contribution is -2.30. The molecule has 0 amide bonds. The van der Waals surface area contributed by atoms with Crippen LogP contribution in [0.2, 0.25) is 0 Å². The minimum absolute atomic E-state index is 0.105. The molecule has 0 heterocycles. The molecule has 0 rings (SSSR count). The van der Waals surface area contributed by atoms with E-state index in [9.17, 15) is 43.2 Å². The Hall–Kier alpha value is -1.94. The number of aliphatic hydroxyl groups is 1. The quantitative estimate of drug-likeness (QED) is 0.0222. The molecule has 17 nitrogen and oxygen atoms in total. The molecule has 19 heteroatoms. The van der Waals surface area contributed by atoms with Crippen LogP contribution >= 0.6 is 15.6 Å². The summed E-state index contributed by atoms with van der Waals surface area (Å²) >= 11 is 0. The van der Waals surface area contributed by atoms with E-state index in [2.05, 4.69) is 48.5 Å². The minimum Gasteiger partial charge on any atom is -0.462 e. The highest BCUT2D eigenvalue weighted by atomic mass is 31.2. The van der Waals surface area contributed by atoms with Crippen molar-refractivity contribution in [3.63, 3.8) is 0 Å². The van der Waals surface area contributed by atoms with Gasteiger partial charge < -0.3 is 33.8 Å². The van der Waals surface area contributed by atoms with Crippen molar-refractivity contribution in [1.29, 1.82) is 0 Å². The van der Waals surface area contributed by atoms with Crippen LogP contribution in [0, 0.1) is 17.8 Å². The first kappa shape index (κ1) is 100. The van der Waals surface area contributed by atoms with Gasteiger partial charge >= 0.3 is 39.5 Å². The monoisotopic (exact) mass is 1490 g/mol. The molecule has 102 heavy (non-hydrogen) atoms.